The molecular formula is C29H40N6O. The number of piperazine rings is 1. The Morgan fingerprint density at radius 3 is 2.53 bits per heavy atom. The topological polar surface area (TPSA) is 80.6 Å². The number of nitrogens with zero attached hydrogens (tertiary/aromatic N) is 3. The van der Waals surface area contributed by atoms with E-state index in [1.165, 1.54) is 44.7 Å². The third-order valence-corrected chi connectivity index (χ3v) is 7.92. The predicted octanol–water partition coefficient (Wildman–Crippen LogP) is 3.52. The van der Waals surface area contributed by atoms with E-state index in [0.29, 0.717) is 17.6 Å². The molecule has 2 saturated heterocycles. The molecular weight excluding hydrogens is 448 g/mol. The van der Waals surface area contributed by atoms with Crippen LogP contribution >= 0.6 is 0 Å². The van der Waals surface area contributed by atoms with Crippen molar-refractivity contribution in [3.8, 4) is 11.3 Å². The predicted molar refractivity (Wildman–Crippen MR) is 149 cm³/mol. The summed E-state index contributed by atoms with van der Waals surface area (Å²) in [6.45, 7) is 13.7. The Morgan fingerprint density at radius 2 is 1.81 bits per heavy atom. The van der Waals surface area contributed by atoms with Crippen molar-refractivity contribution >= 4 is 22.5 Å². The van der Waals surface area contributed by atoms with Gasteiger partial charge in [-0.1, -0.05) is 12.1 Å². The molecule has 0 saturated carbocycles. The summed E-state index contributed by atoms with van der Waals surface area (Å²) in [5, 5.41) is 4.82. The number of anilines is 1. The van der Waals surface area contributed by atoms with Gasteiger partial charge in [-0.2, -0.15) is 0 Å². The Balaban J connectivity index is 1.12. The number of nitrogens with one attached hydrogen (secondary N) is 2. The van der Waals surface area contributed by atoms with Crippen LogP contribution in [0, 0.1) is 0 Å². The van der Waals surface area contributed by atoms with E-state index in [9.17, 15) is 4.79 Å². The standard InChI is InChI=1S/C29H40N6O/c1-21(2)34-16-14-33(15-17-34)13-10-31-25-8-11-35(12-9-25)26-5-3-4-22(19-26)28-20-24-18-23(29(30)36)6-7-27(24)32-28/h3-7,18-21,25,31-32H,8-17H2,1-2H3,(H2,30,36). The molecule has 2 fully saturated rings. The maximum absolute atomic E-state index is 11.5. The molecule has 0 unspecified atom stereocenters. The number of amides is 1. The van der Waals surface area contributed by atoms with E-state index >= 15 is 0 Å². The van der Waals surface area contributed by atoms with Crippen LogP contribution in [0.1, 0.15) is 37.0 Å². The van der Waals surface area contributed by atoms with Crippen molar-refractivity contribution in [1.82, 2.24) is 20.1 Å². The van der Waals surface area contributed by atoms with E-state index in [4.69, 9.17) is 5.73 Å². The zero-order chi connectivity index (χ0) is 25.1. The maximum Gasteiger partial charge on any atom is 0.248 e. The first kappa shape index (κ1) is 24.8. The van der Waals surface area contributed by atoms with Crippen molar-refractivity contribution in [2.24, 2.45) is 5.73 Å². The minimum Gasteiger partial charge on any atom is -0.371 e. The summed E-state index contributed by atoms with van der Waals surface area (Å²) in [6.07, 6.45) is 2.35. The summed E-state index contributed by atoms with van der Waals surface area (Å²) in [4.78, 5) is 22.7. The minimum atomic E-state index is -0.399. The molecule has 0 radical (unpaired) electrons. The van der Waals surface area contributed by atoms with Gasteiger partial charge < -0.3 is 20.9 Å². The summed E-state index contributed by atoms with van der Waals surface area (Å²) in [6, 6.07) is 17.7. The number of benzene rings is 2. The lowest BCUT2D eigenvalue weighted by molar-refractivity contribution is 0.100. The molecule has 0 aliphatic carbocycles. The minimum absolute atomic E-state index is 0.399. The third kappa shape index (κ3) is 5.75. The second-order valence-corrected chi connectivity index (χ2v) is 10.6. The van der Waals surface area contributed by atoms with Gasteiger partial charge in [0, 0.05) is 92.3 Å². The van der Waals surface area contributed by atoms with Crippen LogP contribution in [-0.2, 0) is 0 Å². The molecule has 2 aromatic carbocycles. The van der Waals surface area contributed by atoms with Crippen LogP contribution in [0.2, 0.25) is 0 Å². The van der Waals surface area contributed by atoms with Crippen molar-refractivity contribution in [1.29, 1.82) is 0 Å². The number of piperidine rings is 1. The number of carbonyl (C=O) groups excluding carboxylic acids is 1. The van der Waals surface area contributed by atoms with Crippen LogP contribution in [-0.4, -0.2) is 85.1 Å². The van der Waals surface area contributed by atoms with Crippen LogP contribution in [0.5, 0.6) is 0 Å². The van der Waals surface area contributed by atoms with E-state index in [2.05, 4.69) is 69.2 Å². The number of H-pyrrole nitrogens is 1. The Labute approximate surface area is 214 Å². The summed E-state index contributed by atoms with van der Waals surface area (Å²) in [5.41, 5.74) is 10.5. The average Bonchev–Trinajstić information content (AvgIpc) is 3.33. The number of aromatic nitrogens is 1. The molecule has 3 heterocycles. The van der Waals surface area contributed by atoms with E-state index in [1.807, 2.05) is 12.1 Å². The molecule has 1 amide bonds. The van der Waals surface area contributed by atoms with Crippen molar-refractivity contribution in [3.63, 3.8) is 0 Å². The van der Waals surface area contributed by atoms with Gasteiger partial charge in [0.05, 0.1) is 0 Å². The Morgan fingerprint density at radius 1 is 1.03 bits per heavy atom. The van der Waals surface area contributed by atoms with Gasteiger partial charge in [0.15, 0.2) is 0 Å². The molecule has 2 aliphatic heterocycles. The first-order chi connectivity index (χ1) is 17.5. The lowest BCUT2D eigenvalue weighted by Crippen LogP contribution is -2.51. The summed E-state index contributed by atoms with van der Waals surface area (Å²) in [7, 11) is 0. The van der Waals surface area contributed by atoms with Gasteiger partial charge in [-0.05, 0) is 68.7 Å². The first-order valence-corrected chi connectivity index (χ1v) is 13.4. The van der Waals surface area contributed by atoms with Crippen LogP contribution in [0.4, 0.5) is 5.69 Å². The number of aromatic amines is 1. The van der Waals surface area contributed by atoms with Gasteiger partial charge in [0.2, 0.25) is 5.91 Å². The highest BCUT2D eigenvalue weighted by Crippen LogP contribution is 2.29. The molecule has 7 nitrogen and oxygen atoms in total. The normalized spacial score (nSPS) is 18.4. The third-order valence-electron chi connectivity index (χ3n) is 7.92. The number of fused-ring (bicyclic) bond motifs is 1. The molecule has 1 aromatic heterocycles. The highest BCUT2D eigenvalue weighted by atomic mass is 16.1. The SMILES string of the molecule is CC(C)N1CCN(CCNC2CCN(c3cccc(-c4cc5cc(C(N)=O)ccc5[nH]4)c3)CC2)CC1. The second-order valence-electron chi connectivity index (χ2n) is 10.6. The van der Waals surface area contributed by atoms with Crippen molar-refractivity contribution in [2.75, 3.05) is 57.3 Å². The molecule has 36 heavy (non-hydrogen) atoms. The zero-order valence-electron chi connectivity index (χ0n) is 21.7. The summed E-state index contributed by atoms with van der Waals surface area (Å²) in [5.74, 6) is -0.399. The molecule has 5 rings (SSSR count). The average molecular weight is 489 g/mol. The molecule has 192 valence electrons. The molecule has 3 aromatic rings. The largest absolute Gasteiger partial charge is 0.371 e. The van der Waals surface area contributed by atoms with Crippen molar-refractivity contribution in [3.05, 3.63) is 54.1 Å². The molecule has 0 bridgehead atoms. The fourth-order valence-corrected chi connectivity index (χ4v) is 5.58. The molecule has 0 spiro atoms. The van der Waals surface area contributed by atoms with E-state index < -0.39 is 5.91 Å². The fraction of sp³-hybridized carbons (Fsp3) is 0.483. The number of nitrogens with two attached hydrogens (primary N) is 1. The lowest BCUT2D eigenvalue weighted by Gasteiger charge is -2.37. The monoisotopic (exact) mass is 488 g/mol. The molecule has 2 aliphatic rings. The van der Waals surface area contributed by atoms with Gasteiger partial charge in [-0.25, -0.2) is 0 Å². The van der Waals surface area contributed by atoms with Gasteiger partial charge in [0.25, 0.3) is 0 Å². The zero-order valence-corrected chi connectivity index (χ0v) is 21.7. The van der Waals surface area contributed by atoms with Crippen LogP contribution in [0.15, 0.2) is 48.5 Å². The van der Waals surface area contributed by atoms with Crippen LogP contribution in [0.3, 0.4) is 0 Å². The number of rotatable bonds is 8. The number of hydrogen-bond acceptors (Lipinski definition) is 5. The molecule has 7 heteroatoms. The smallest absolute Gasteiger partial charge is 0.248 e. The Hall–Kier alpha value is -2.87. The highest BCUT2D eigenvalue weighted by Gasteiger charge is 2.21. The molecule has 4 N–H and O–H groups in total. The quantitative estimate of drug-likeness (QED) is 0.452. The summed E-state index contributed by atoms with van der Waals surface area (Å²) >= 11 is 0. The van der Waals surface area contributed by atoms with E-state index in [1.54, 1.807) is 6.07 Å². The lowest BCUT2D eigenvalue weighted by atomic mass is 10.0. The Bertz CT molecular complexity index is 1170. The van der Waals surface area contributed by atoms with Crippen molar-refractivity contribution < 1.29 is 4.79 Å². The summed E-state index contributed by atoms with van der Waals surface area (Å²) < 4.78 is 0. The molecule has 0 atom stereocenters. The first-order valence-electron chi connectivity index (χ1n) is 13.4. The Kier molecular flexibility index (Phi) is 7.60. The van der Waals surface area contributed by atoms with E-state index in [-0.39, 0.29) is 0 Å². The highest BCUT2D eigenvalue weighted by molar-refractivity contribution is 5.98. The second kappa shape index (κ2) is 11.0. The fourth-order valence-electron chi connectivity index (χ4n) is 5.58. The van der Waals surface area contributed by atoms with Gasteiger partial charge in [-0.15, -0.1) is 0 Å². The number of primary amides is 1. The number of carbonyl (C=O) groups is 1. The van der Waals surface area contributed by atoms with Gasteiger partial charge in [-0.3, -0.25) is 14.6 Å². The van der Waals surface area contributed by atoms with Gasteiger partial charge in [0.1, 0.15) is 0 Å². The maximum atomic E-state index is 11.5. The van der Waals surface area contributed by atoms with Crippen molar-refractivity contribution in [2.45, 2.75) is 38.8 Å². The number of hydrogen-bond donors (Lipinski definition) is 3. The van der Waals surface area contributed by atoms with Crippen LogP contribution < -0.4 is 16.0 Å². The van der Waals surface area contributed by atoms with E-state index in [0.717, 1.165) is 48.3 Å². The van der Waals surface area contributed by atoms with Crippen LogP contribution in [0.25, 0.3) is 22.2 Å². The van der Waals surface area contributed by atoms with Gasteiger partial charge >= 0.3 is 0 Å².